The lowest BCUT2D eigenvalue weighted by molar-refractivity contribution is 0.0884. The summed E-state index contributed by atoms with van der Waals surface area (Å²) in [6.45, 7) is -0.467. The molecule has 0 saturated carbocycles. The second kappa shape index (κ2) is 3.36. The lowest BCUT2D eigenvalue weighted by Gasteiger charge is -2.02. The predicted octanol–water partition coefficient (Wildman–Crippen LogP) is -0.359. The molecule has 0 bridgehead atoms. The number of rotatable bonds is 2. The van der Waals surface area contributed by atoms with Gasteiger partial charge in [-0.05, 0) is 0 Å². The molecule has 1 aromatic heterocycles. The molecule has 11 heavy (non-hydrogen) atoms. The van der Waals surface area contributed by atoms with E-state index in [9.17, 15) is 4.39 Å². The molecule has 0 spiro atoms. The van der Waals surface area contributed by atoms with E-state index in [1.807, 2.05) is 0 Å². The lowest BCUT2D eigenvalue weighted by atomic mass is 10.3. The molecule has 2 N–H and O–H groups in total. The molecule has 0 fully saturated rings. The minimum Gasteiger partial charge on any atom is -0.393 e. The molecule has 0 radical (unpaired) electrons. The first-order valence-electron chi connectivity index (χ1n) is 3.00. The van der Waals surface area contributed by atoms with Crippen molar-refractivity contribution in [3.05, 3.63) is 24.0 Å². The minimum atomic E-state index is -1.13. The topological polar surface area (TPSA) is 66.2 Å². The number of nitrogens with zero attached hydrogens (tertiary/aromatic N) is 2. The van der Waals surface area contributed by atoms with Crippen molar-refractivity contribution in [1.29, 1.82) is 0 Å². The van der Waals surface area contributed by atoms with Crippen LogP contribution in [0.15, 0.2) is 12.4 Å². The summed E-state index contributed by atoms with van der Waals surface area (Å²) in [5.74, 6) is -0.548. The van der Waals surface area contributed by atoms with Gasteiger partial charge in [0.25, 0.3) is 0 Å². The summed E-state index contributed by atoms with van der Waals surface area (Å²) in [4.78, 5) is 6.91. The third-order valence-corrected chi connectivity index (χ3v) is 1.11. The van der Waals surface area contributed by atoms with Gasteiger partial charge in [-0.1, -0.05) is 0 Å². The van der Waals surface area contributed by atoms with Crippen molar-refractivity contribution in [2.75, 3.05) is 6.61 Å². The van der Waals surface area contributed by atoms with E-state index in [1.165, 1.54) is 0 Å². The normalized spacial score (nSPS) is 13.0. The zero-order valence-corrected chi connectivity index (χ0v) is 5.61. The first-order chi connectivity index (χ1) is 5.24. The van der Waals surface area contributed by atoms with Gasteiger partial charge in [-0.15, -0.1) is 0 Å². The van der Waals surface area contributed by atoms with Gasteiger partial charge in [0.05, 0.1) is 19.0 Å². The molecule has 1 aromatic rings. The highest BCUT2D eigenvalue weighted by atomic mass is 19.1. The number of aliphatic hydroxyl groups is 2. The van der Waals surface area contributed by atoms with Crippen LogP contribution in [0.25, 0.3) is 0 Å². The van der Waals surface area contributed by atoms with Gasteiger partial charge < -0.3 is 10.2 Å². The van der Waals surface area contributed by atoms with Gasteiger partial charge in [0.15, 0.2) is 11.6 Å². The van der Waals surface area contributed by atoms with E-state index >= 15 is 0 Å². The van der Waals surface area contributed by atoms with E-state index in [0.717, 1.165) is 12.4 Å². The van der Waals surface area contributed by atoms with Crippen LogP contribution in [0.4, 0.5) is 4.39 Å². The fourth-order valence-corrected chi connectivity index (χ4v) is 0.576. The highest BCUT2D eigenvalue weighted by Crippen LogP contribution is 2.04. The zero-order chi connectivity index (χ0) is 8.27. The summed E-state index contributed by atoms with van der Waals surface area (Å²) in [6.07, 6.45) is 0.734. The Kier molecular flexibility index (Phi) is 2.45. The fraction of sp³-hybridized carbons (Fsp3) is 0.333. The van der Waals surface area contributed by atoms with Crippen LogP contribution in [0.2, 0.25) is 0 Å². The van der Waals surface area contributed by atoms with Crippen molar-refractivity contribution in [3.8, 4) is 0 Å². The maximum atomic E-state index is 12.2. The minimum absolute atomic E-state index is 0.0221. The van der Waals surface area contributed by atoms with Crippen LogP contribution in [-0.4, -0.2) is 26.8 Å². The summed E-state index contributed by atoms with van der Waals surface area (Å²) in [5, 5.41) is 17.4. The molecule has 1 rings (SSSR count). The van der Waals surface area contributed by atoms with Crippen LogP contribution in [0, 0.1) is 5.82 Å². The highest BCUT2D eigenvalue weighted by molar-refractivity contribution is 4.94. The Balaban J connectivity index is 2.81. The number of hydrogen-bond donors (Lipinski definition) is 2. The summed E-state index contributed by atoms with van der Waals surface area (Å²) in [7, 11) is 0. The predicted molar refractivity (Wildman–Crippen MR) is 34.0 cm³/mol. The third-order valence-electron chi connectivity index (χ3n) is 1.11. The van der Waals surface area contributed by atoms with Gasteiger partial charge in [0.1, 0.15) is 6.10 Å². The Labute approximate surface area is 62.4 Å². The molecule has 0 saturated heterocycles. The Morgan fingerprint density at radius 1 is 1.45 bits per heavy atom. The molecule has 0 aliphatic heterocycles. The molecular weight excluding hydrogens is 151 g/mol. The molecule has 0 amide bonds. The first-order valence-corrected chi connectivity index (χ1v) is 3.00. The zero-order valence-electron chi connectivity index (χ0n) is 5.61. The molecule has 4 nitrogen and oxygen atoms in total. The summed E-state index contributed by atoms with van der Waals surface area (Å²) in [6, 6.07) is 0. The van der Waals surface area contributed by atoms with Crippen molar-refractivity contribution in [3.63, 3.8) is 0 Å². The molecule has 60 valence electrons. The van der Waals surface area contributed by atoms with Crippen molar-refractivity contribution < 1.29 is 14.6 Å². The Bertz CT molecular complexity index is 227. The van der Waals surface area contributed by atoms with Gasteiger partial charge in [-0.2, -0.15) is 0 Å². The summed E-state index contributed by atoms with van der Waals surface area (Å²) < 4.78 is 12.2. The van der Waals surface area contributed by atoms with Gasteiger partial charge in [-0.25, -0.2) is 14.4 Å². The third kappa shape index (κ3) is 1.92. The number of aliphatic hydroxyl groups excluding tert-OH is 2. The van der Waals surface area contributed by atoms with Crippen LogP contribution in [-0.2, 0) is 0 Å². The molecule has 0 aromatic carbocycles. The van der Waals surface area contributed by atoms with Crippen molar-refractivity contribution in [2.45, 2.75) is 6.10 Å². The highest BCUT2D eigenvalue weighted by Gasteiger charge is 2.07. The van der Waals surface area contributed by atoms with Crippen molar-refractivity contribution >= 4 is 0 Å². The van der Waals surface area contributed by atoms with Crippen molar-refractivity contribution in [1.82, 2.24) is 9.97 Å². The standard InChI is InChI=1S/C6H7FN2O2/c7-4-1-8-6(9-2-4)5(11)3-10/h1-2,5,10-11H,3H2/t5-/m1/s1. The lowest BCUT2D eigenvalue weighted by Crippen LogP contribution is -2.07. The number of aromatic nitrogens is 2. The quantitative estimate of drug-likeness (QED) is 0.617. The average molecular weight is 158 g/mol. The molecule has 5 heteroatoms. The van der Waals surface area contributed by atoms with E-state index in [0.29, 0.717) is 0 Å². The molecule has 0 aliphatic carbocycles. The van der Waals surface area contributed by atoms with E-state index in [2.05, 4.69) is 9.97 Å². The van der Waals surface area contributed by atoms with E-state index in [4.69, 9.17) is 10.2 Å². The molecular formula is C6H7FN2O2. The van der Waals surface area contributed by atoms with Gasteiger partial charge in [0, 0.05) is 0 Å². The van der Waals surface area contributed by atoms with Crippen LogP contribution in [0.1, 0.15) is 11.9 Å². The second-order valence-corrected chi connectivity index (χ2v) is 1.96. The summed E-state index contributed by atoms with van der Waals surface area (Å²) >= 11 is 0. The molecule has 0 aliphatic rings. The second-order valence-electron chi connectivity index (χ2n) is 1.96. The van der Waals surface area contributed by atoms with E-state index in [1.54, 1.807) is 0 Å². The van der Waals surface area contributed by atoms with E-state index < -0.39 is 18.5 Å². The maximum absolute atomic E-state index is 12.2. The maximum Gasteiger partial charge on any atom is 0.159 e. The Morgan fingerprint density at radius 3 is 2.45 bits per heavy atom. The van der Waals surface area contributed by atoms with Crippen LogP contribution >= 0.6 is 0 Å². The van der Waals surface area contributed by atoms with E-state index in [-0.39, 0.29) is 5.82 Å². The van der Waals surface area contributed by atoms with Crippen LogP contribution in [0.5, 0.6) is 0 Å². The average Bonchev–Trinajstić information content (AvgIpc) is 2.05. The Hall–Kier alpha value is -1.07. The fourth-order valence-electron chi connectivity index (χ4n) is 0.576. The molecule has 1 atom stereocenters. The summed E-state index contributed by atoms with van der Waals surface area (Å²) in [5.41, 5.74) is 0. The molecule has 0 unspecified atom stereocenters. The first kappa shape index (κ1) is 8.03. The molecule has 1 heterocycles. The smallest absolute Gasteiger partial charge is 0.159 e. The Morgan fingerprint density at radius 2 is 2.00 bits per heavy atom. The SMILES string of the molecule is OC[C@@H](O)c1ncc(F)cn1. The largest absolute Gasteiger partial charge is 0.393 e. The van der Waals surface area contributed by atoms with Crippen LogP contribution < -0.4 is 0 Å². The monoisotopic (exact) mass is 158 g/mol. The number of halogens is 1. The van der Waals surface area contributed by atoms with Gasteiger partial charge >= 0.3 is 0 Å². The van der Waals surface area contributed by atoms with Gasteiger partial charge in [0.2, 0.25) is 0 Å². The van der Waals surface area contributed by atoms with Crippen LogP contribution in [0.3, 0.4) is 0 Å². The van der Waals surface area contributed by atoms with Gasteiger partial charge in [-0.3, -0.25) is 0 Å². The number of hydrogen-bond acceptors (Lipinski definition) is 4. The van der Waals surface area contributed by atoms with Crippen molar-refractivity contribution in [2.24, 2.45) is 0 Å².